The van der Waals surface area contributed by atoms with Crippen LogP contribution >= 0.6 is 15.6 Å². The average Bonchev–Trinajstić information content (AvgIpc) is 3.04. The number of hydrogen-bond acceptors (Lipinski definition) is 14. The van der Waals surface area contributed by atoms with Crippen LogP contribution < -0.4 is 42.5 Å². The van der Waals surface area contributed by atoms with Crippen LogP contribution in [-0.2, 0) is 23.0 Å². The van der Waals surface area contributed by atoms with Gasteiger partial charge in [-0.1, -0.05) is 25.7 Å². The molecule has 51 heavy (non-hydrogen) atoms. The van der Waals surface area contributed by atoms with E-state index in [1.165, 1.54) is 128 Å². The molecule has 4 rings (SSSR count). The summed E-state index contributed by atoms with van der Waals surface area (Å²) < 4.78 is 26.7. The van der Waals surface area contributed by atoms with Crippen LogP contribution in [0.2, 0.25) is 0 Å². The highest BCUT2D eigenvalue weighted by atomic mass is 31.2. The lowest BCUT2D eigenvalue weighted by Gasteiger charge is -2.35. The van der Waals surface area contributed by atoms with E-state index in [2.05, 4.69) is 32.0 Å². The molecule has 1 unspecified atom stereocenters. The summed E-state index contributed by atoms with van der Waals surface area (Å²) in [5, 5.41) is 45.6. The van der Waals surface area contributed by atoms with Crippen molar-refractivity contribution in [3.63, 3.8) is 0 Å². The molecule has 19 N–H and O–H groups in total. The molecule has 4 saturated carbocycles. The fourth-order valence-electron chi connectivity index (χ4n) is 5.80. The molecule has 21 heteroatoms. The van der Waals surface area contributed by atoms with Crippen molar-refractivity contribution < 1.29 is 96.5 Å². The Morgan fingerprint density at radius 3 is 0.980 bits per heavy atom. The van der Waals surface area contributed by atoms with Gasteiger partial charge in [0.2, 0.25) is 0 Å². The Morgan fingerprint density at radius 2 is 0.784 bits per heavy atom. The molecular formula is C30H68N4O15P2. The van der Waals surface area contributed by atoms with Crippen molar-refractivity contribution in [2.24, 2.45) is 0 Å². The lowest BCUT2D eigenvalue weighted by molar-refractivity contribution is -0.425. The normalized spacial score (nSPS) is 22.5. The minimum atomic E-state index is -5.87. The van der Waals surface area contributed by atoms with Crippen molar-refractivity contribution in [1.82, 2.24) is 0 Å². The molecule has 4 fully saturated rings. The number of hydrogen-bond donors (Lipinski definition) is 9. The summed E-state index contributed by atoms with van der Waals surface area (Å²) in [5.41, 5.74) is 16.0. The van der Waals surface area contributed by atoms with E-state index in [4.69, 9.17) is 15.3 Å². The maximum absolute atomic E-state index is 10.9. The predicted octanol–water partition coefficient (Wildman–Crippen LogP) is -5.62. The molecule has 0 spiro atoms. The number of rotatable bonds is 8. The van der Waals surface area contributed by atoms with E-state index in [0.717, 1.165) is 24.2 Å². The second-order valence-corrected chi connectivity index (χ2v) is 15.9. The van der Waals surface area contributed by atoms with Gasteiger partial charge in [0, 0.05) is 0 Å². The minimum Gasteiger partial charge on any atom is -0.790 e. The van der Waals surface area contributed by atoms with Crippen LogP contribution in [0.4, 0.5) is 0 Å². The lowest BCUT2D eigenvalue weighted by Crippen LogP contribution is -2.61. The van der Waals surface area contributed by atoms with Gasteiger partial charge in [0.15, 0.2) is 12.4 Å². The largest absolute Gasteiger partial charge is 0.790 e. The van der Waals surface area contributed by atoms with Gasteiger partial charge in [-0.25, -0.2) is 4.79 Å². The second kappa shape index (κ2) is 28.7. The highest BCUT2D eigenvalue weighted by Crippen LogP contribution is 2.29. The van der Waals surface area contributed by atoms with Crippen LogP contribution in [0, 0.1) is 0 Å². The van der Waals surface area contributed by atoms with Crippen molar-refractivity contribution in [2.45, 2.75) is 183 Å². The topological polar surface area (TPSA) is 405 Å². The quantitative estimate of drug-likeness (QED) is 0.0819. The summed E-state index contributed by atoms with van der Waals surface area (Å²) in [6.45, 7) is 0. The Balaban J connectivity index is 0. The van der Waals surface area contributed by atoms with Crippen LogP contribution in [0.3, 0.4) is 0 Å². The van der Waals surface area contributed by atoms with Gasteiger partial charge in [0.25, 0.3) is 0 Å². The Morgan fingerprint density at radius 1 is 0.510 bits per heavy atom. The Hall–Kier alpha value is -0.670. The first-order chi connectivity index (χ1) is 23.2. The van der Waals surface area contributed by atoms with Crippen molar-refractivity contribution in [3.8, 4) is 0 Å². The molecule has 0 aromatic rings. The summed E-state index contributed by atoms with van der Waals surface area (Å²) in [6, 6.07) is 3.14. The highest BCUT2D eigenvalue weighted by Gasteiger charge is 2.39. The van der Waals surface area contributed by atoms with E-state index in [-0.39, 0.29) is 5.48 Å². The first kappa shape index (κ1) is 52.4. The Kier molecular flexibility index (Phi) is 29.5. The molecule has 0 bridgehead atoms. The van der Waals surface area contributed by atoms with E-state index in [1.807, 2.05) is 0 Å². The summed E-state index contributed by atoms with van der Waals surface area (Å²) >= 11 is 0. The Bertz CT molecular complexity index is 892. The number of carbonyl (C=O) groups excluding carboxylic acids is 1. The summed E-state index contributed by atoms with van der Waals surface area (Å²) in [6.07, 6.45) is 14.3. The van der Waals surface area contributed by atoms with E-state index >= 15 is 0 Å². The fraction of sp³-hybridized carbons (Fsp3) is 0.967. The molecule has 308 valence electrons. The number of quaternary nitrogens is 4. The molecule has 0 amide bonds. The van der Waals surface area contributed by atoms with Gasteiger partial charge < -0.3 is 91.7 Å². The maximum Gasteiger partial charge on any atom is 0.341 e. The summed E-state index contributed by atoms with van der Waals surface area (Å²) in [5.74, 6) is -2.22. The van der Waals surface area contributed by atoms with Gasteiger partial charge in [-0.3, -0.25) is 0 Å². The first-order valence-electron chi connectivity index (χ1n) is 17.9. The molecular weight excluding hydrogens is 718 g/mol. The van der Waals surface area contributed by atoms with Gasteiger partial charge in [-0.05, 0) is 103 Å². The van der Waals surface area contributed by atoms with Crippen molar-refractivity contribution in [3.05, 3.63) is 0 Å². The standard InChI is InChI=1S/4C6H13N.C6H14O14P2.H2O/c4*7-6-4-2-1-3-5-6;7-1(3(9)5(11)19-21(13,14)15)2(8)4(10)6(12)20-22(16,17)18;/h4*6H,1-5,7H2;1-5,7-11H,(H2,13,14,15)(H2,16,17,18);1H2/t;;;;1-,2-,3-,4+,5?;/m....0./s1. The third-order valence-corrected chi connectivity index (χ3v) is 9.77. The first-order valence-corrected chi connectivity index (χ1v) is 20.8. The molecule has 0 aromatic heterocycles. The average molecular weight is 787 g/mol. The van der Waals surface area contributed by atoms with Gasteiger partial charge in [-0.15, -0.1) is 0 Å². The maximum atomic E-state index is 10.9. The van der Waals surface area contributed by atoms with Crippen LogP contribution in [0.5, 0.6) is 0 Å². The minimum absolute atomic E-state index is 0. The van der Waals surface area contributed by atoms with E-state index in [0.29, 0.717) is 0 Å². The van der Waals surface area contributed by atoms with Gasteiger partial charge in [-0.2, -0.15) is 0 Å². The van der Waals surface area contributed by atoms with E-state index in [9.17, 15) is 43.7 Å². The zero-order valence-corrected chi connectivity index (χ0v) is 31.8. The zero-order chi connectivity index (χ0) is 38.3. The summed E-state index contributed by atoms with van der Waals surface area (Å²) in [7, 11) is -11.7. The van der Waals surface area contributed by atoms with E-state index < -0.39 is 52.3 Å². The summed E-state index contributed by atoms with van der Waals surface area (Å²) in [4.78, 5) is 51.4. The predicted molar refractivity (Wildman–Crippen MR) is 175 cm³/mol. The zero-order valence-electron chi connectivity index (χ0n) is 30.0. The number of aliphatic hydroxyl groups is 5. The molecule has 4 aliphatic rings. The van der Waals surface area contributed by atoms with Crippen molar-refractivity contribution in [2.75, 3.05) is 0 Å². The van der Waals surface area contributed by atoms with Crippen molar-refractivity contribution in [1.29, 1.82) is 0 Å². The molecule has 5 atom stereocenters. The second-order valence-electron chi connectivity index (χ2n) is 13.7. The molecule has 0 heterocycles. The third-order valence-electron chi connectivity index (χ3n) is 8.89. The van der Waals surface area contributed by atoms with Crippen LogP contribution in [0.1, 0.15) is 128 Å². The number of phosphoric acid groups is 2. The van der Waals surface area contributed by atoms with Gasteiger partial charge in [0.05, 0.1) is 32.0 Å². The van der Waals surface area contributed by atoms with Crippen LogP contribution in [0.25, 0.3) is 0 Å². The van der Waals surface area contributed by atoms with E-state index in [1.54, 1.807) is 0 Å². The van der Waals surface area contributed by atoms with Gasteiger partial charge in [0.1, 0.15) is 26.1 Å². The van der Waals surface area contributed by atoms with Gasteiger partial charge >= 0.3 is 5.97 Å². The highest BCUT2D eigenvalue weighted by molar-refractivity contribution is 7.43. The van der Waals surface area contributed by atoms with Crippen molar-refractivity contribution >= 4 is 21.6 Å². The molecule has 0 aliphatic heterocycles. The lowest BCUT2D eigenvalue weighted by atomic mass is 9.97. The number of aliphatic hydroxyl groups excluding tert-OH is 5. The molecule has 0 aromatic carbocycles. The Labute approximate surface area is 301 Å². The SMILES string of the molecule is O.O=C(OP(=O)([O-])[O-])[C@H](O)[C@@H](O)[C@H](O)[C@H](O)C(O)OP(=O)([O-])[O-].[NH3+]C1CCCCC1.[NH3+]C1CCCCC1.[NH3+]C1CCCCC1.[NH3+]C1CCCCC1. The van der Waals surface area contributed by atoms with Crippen LogP contribution in [-0.4, -0.2) is 91.9 Å². The number of carbonyl (C=O) groups is 1. The molecule has 0 saturated heterocycles. The van der Waals surface area contributed by atoms with Crippen LogP contribution in [0.15, 0.2) is 0 Å². The smallest absolute Gasteiger partial charge is 0.341 e. The molecule has 4 aliphatic carbocycles. The number of phosphoric ester groups is 2. The monoisotopic (exact) mass is 786 g/mol. The molecule has 19 nitrogen and oxygen atoms in total. The third kappa shape index (κ3) is 29.4. The molecule has 0 radical (unpaired) electrons. The fourth-order valence-corrected chi connectivity index (χ4v) is 6.52.